The number of aliphatic carboxylic acids is 1. The van der Waals surface area contributed by atoms with Gasteiger partial charge in [0.05, 0.1) is 18.1 Å². The van der Waals surface area contributed by atoms with Crippen LogP contribution in [0.2, 0.25) is 0 Å². The number of Topliss-reactive ketones (excluding diaryl/α,β-unsaturated/α-hetero) is 1. The molecule has 4 nitrogen and oxygen atoms in total. The molecule has 0 fully saturated rings. The standard InChI is InChI=1S/C9H11F3O4/c1-3-5(16-4-2)6(8(14)15)7(13)9(10,11)12/h3-4H2,1-2H3,(H,14,15)/p-1/b6-5-. The number of ketones is 1. The average Bonchev–Trinajstić information content (AvgIpc) is 2.14. The molecule has 0 spiro atoms. The molecule has 0 atom stereocenters. The molecular weight excluding hydrogens is 229 g/mol. The predicted octanol–water partition coefficient (Wildman–Crippen LogP) is 0.568. The zero-order valence-electron chi connectivity index (χ0n) is 8.68. The van der Waals surface area contributed by atoms with Crippen LogP contribution in [-0.2, 0) is 14.3 Å². The molecule has 0 aromatic carbocycles. The van der Waals surface area contributed by atoms with Crippen molar-refractivity contribution in [3.8, 4) is 0 Å². The Morgan fingerprint density at radius 3 is 2.00 bits per heavy atom. The second-order valence-electron chi connectivity index (χ2n) is 2.70. The first kappa shape index (κ1) is 14.5. The van der Waals surface area contributed by atoms with Crippen molar-refractivity contribution in [1.29, 1.82) is 0 Å². The van der Waals surface area contributed by atoms with E-state index >= 15 is 0 Å². The van der Waals surface area contributed by atoms with Crippen LogP contribution >= 0.6 is 0 Å². The Morgan fingerprint density at radius 2 is 1.75 bits per heavy atom. The van der Waals surface area contributed by atoms with Crippen molar-refractivity contribution in [2.45, 2.75) is 26.4 Å². The molecule has 0 saturated carbocycles. The third-order valence-electron chi connectivity index (χ3n) is 1.61. The number of carboxylic acids is 1. The third kappa shape index (κ3) is 3.56. The molecule has 0 aliphatic heterocycles. The highest BCUT2D eigenvalue weighted by atomic mass is 19.4. The Morgan fingerprint density at radius 1 is 1.25 bits per heavy atom. The Balaban J connectivity index is 5.45. The Labute approximate surface area is 89.7 Å². The number of halogens is 3. The van der Waals surface area contributed by atoms with Crippen LogP contribution in [0.3, 0.4) is 0 Å². The maximum Gasteiger partial charge on any atom is 0.455 e. The van der Waals surface area contributed by atoms with Crippen molar-refractivity contribution in [3.05, 3.63) is 11.3 Å². The summed E-state index contributed by atoms with van der Waals surface area (Å²) < 4.78 is 40.9. The summed E-state index contributed by atoms with van der Waals surface area (Å²) in [5.74, 6) is -5.17. The van der Waals surface area contributed by atoms with Crippen molar-refractivity contribution in [2.75, 3.05) is 6.61 Å². The van der Waals surface area contributed by atoms with Gasteiger partial charge in [-0.25, -0.2) is 0 Å². The minimum Gasteiger partial charge on any atom is -0.545 e. The molecule has 0 N–H and O–H groups in total. The van der Waals surface area contributed by atoms with Gasteiger partial charge in [0.2, 0.25) is 0 Å². The monoisotopic (exact) mass is 239 g/mol. The van der Waals surface area contributed by atoms with Crippen molar-refractivity contribution in [1.82, 2.24) is 0 Å². The minimum atomic E-state index is -5.26. The molecule has 0 unspecified atom stereocenters. The summed E-state index contributed by atoms with van der Waals surface area (Å²) in [6.07, 6.45) is -5.40. The molecule has 0 aromatic rings. The van der Waals surface area contributed by atoms with Gasteiger partial charge >= 0.3 is 6.18 Å². The number of alkyl halides is 3. The molecule has 0 amide bonds. The van der Waals surface area contributed by atoms with Crippen LogP contribution in [0.5, 0.6) is 0 Å². The highest BCUT2D eigenvalue weighted by molar-refractivity contribution is 6.18. The summed E-state index contributed by atoms with van der Waals surface area (Å²) in [6, 6.07) is 0. The number of carbonyl (C=O) groups is 2. The van der Waals surface area contributed by atoms with Gasteiger partial charge in [0, 0.05) is 6.42 Å². The van der Waals surface area contributed by atoms with Gasteiger partial charge in [-0.3, -0.25) is 4.79 Å². The first-order valence-electron chi connectivity index (χ1n) is 4.44. The van der Waals surface area contributed by atoms with E-state index in [4.69, 9.17) is 0 Å². The van der Waals surface area contributed by atoms with E-state index < -0.39 is 29.3 Å². The van der Waals surface area contributed by atoms with Crippen LogP contribution in [-0.4, -0.2) is 24.5 Å². The molecule has 0 radical (unpaired) electrons. The molecule has 7 heteroatoms. The number of rotatable bonds is 5. The Kier molecular flexibility index (Phi) is 5.00. The normalized spacial score (nSPS) is 13.1. The van der Waals surface area contributed by atoms with Gasteiger partial charge in [0.25, 0.3) is 5.78 Å². The molecular formula is C9H10F3O4-. The number of hydrogen-bond donors (Lipinski definition) is 0. The van der Waals surface area contributed by atoms with E-state index in [0.717, 1.165) is 0 Å². The van der Waals surface area contributed by atoms with Gasteiger partial charge in [-0.15, -0.1) is 0 Å². The van der Waals surface area contributed by atoms with E-state index in [-0.39, 0.29) is 13.0 Å². The van der Waals surface area contributed by atoms with Gasteiger partial charge in [-0.2, -0.15) is 13.2 Å². The SMILES string of the molecule is CCO/C(CC)=C(\C(=O)[O-])C(=O)C(F)(F)F. The molecule has 16 heavy (non-hydrogen) atoms. The van der Waals surface area contributed by atoms with E-state index in [1.54, 1.807) is 0 Å². The van der Waals surface area contributed by atoms with E-state index in [9.17, 15) is 27.9 Å². The van der Waals surface area contributed by atoms with Gasteiger partial charge in [-0.05, 0) is 6.92 Å². The van der Waals surface area contributed by atoms with Crippen molar-refractivity contribution < 1.29 is 32.6 Å². The van der Waals surface area contributed by atoms with Crippen LogP contribution in [0.25, 0.3) is 0 Å². The fraction of sp³-hybridized carbons (Fsp3) is 0.556. The lowest BCUT2D eigenvalue weighted by Crippen LogP contribution is -2.36. The minimum absolute atomic E-state index is 0.0366. The average molecular weight is 239 g/mol. The van der Waals surface area contributed by atoms with Gasteiger partial charge in [0.1, 0.15) is 5.76 Å². The Hall–Kier alpha value is -1.53. The quantitative estimate of drug-likeness (QED) is 0.304. The van der Waals surface area contributed by atoms with Gasteiger partial charge in [-0.1, -0.05) is 6.92 Å². The van der Waals surface area contributed by atoms with Crippen LogP contribution in [0, 0.1) is 0 Å². The molecule has 0 aromatic heterocycles. The smallest absolute Gasteiger partial charge is 0.455 e. The maximum absolute atomic E-state index is 12.1. The molecule has 0 bridgehead atoms. The number of carboxylic acid groups (broad SMARTS) is 1. The second-order valence-corrected chi connectivity index (χ2v) is 2.70. The van der Waals surface area contributed by atoms with E-state index in [1.807, 2.05) is 0 Å². The zero-order chi connectivity index (χ0) is 12.9. The van der Waals surface area contributed by atoms with Crippen LogP contribution in [0.15, 0.2) is 11.3 Å². The van der Waals surface area contributed by atoms with Gasteiger partial charge in [0.15, 0.2) is 0 Å². The molecule has 0 saturated heterocycles. The van der Waals surface area contributed by atoms with E-state index in [2.05, 4.69) is 4.74 Å². The summed E-state index contributed by atoms with van der Waals surface area (Å²) in [5, 5.41) is 10.5. The topological polar surface area (TPSA) is 66.4 Å². The summed E-state index contributed by atoms with van der Waals surface area (Å²) in [4.78, 5) is 21.3. The Bertz CT molecular complexity index is 317. The molecule has 0 rings (SSSR count). The van der Waals surface area contributed by atoms with Crippen molar-refractivity contribution in [3.63, 3.8) is 0 Å². The fourth-order valence-corrected chi connectivity index (χ4v) is 1.00. The number of ether oxygens (including phenoxy) is 1. The van der Waals surface area contributed by atoms with Crippen LogP contribution in [0.4, 0.5) is 13.2 Å². The maximum atomic E-state index is 12.1. The highest BCUT2D eigenvalue weighted by Crippen LogP contribution is 2.23. The summed E-state index contributed by atoms with van der Waals surface area (Å²) in [5.41, 5.74) is -1.46. The van der Waals surface area contributed by atoms with Crippen LogP contribution in [0.1, 0.15) is 20.3 Å². The highest BCUT2D eigenvalue weighted by Gasteiger charge is 2.42. The number of hydrogen-bond acceptors (Lipinski definition) is 4. The van der Waals surface area contributed by atoms with Gasteiger partial charge < -0.3 is 14.6 Å². The first-order chi connectivity index (χ1) is 7.25. The first-order valence-corrected chi connectivity index (χ1v) is 4.44. The van der Waals surface area contributed by atoms with E-state index in [1.165, 1.54) is 13.8 Å². The largest absolute Gasteiger partial charge is 0.545 e. The molecule has 0 aliphatic carbocycles. The molecule has 92 valence electrons. The third-order valence-corrected chi connectivity index (χ3v) is 1.61. The lowest BCUT2D eigenvalue weighted by atomic mass is 10.1. The lowest BCUT2D eigenvalue weighted by Gasteiger charge is -2.15. The van der Waals surface area contributed by atoms with Crippen LogP contribution < -0.4 is 5.11 Å². The second kappa shape index (κ2) is 5.53. The zero-order valence-corrected chi connectivity index (χ0v) is 8.68. The summed E-state index contributed by atoms with van der Waals surface area (Å²) >= 11 is 0. The predicted molar refractivity (Wildman–Crippen MR) is 45.0 cm³/mol. The molecule has 0 heterocycles. The van der Waals surface area contributed by atoms with E-state index in [0.29, 0.717) is 0 Å². The lowest BCUT2D eigenvalue weighted by molar-refractivity contribution is -0.299. The van der Waals surface area contributed by atoms with Crippen molar-refractivity contribution in [2.24, 2.45) is 0 Å². The summed E-state index contributed by atoms with van der Waals surface area (Å²) in [6.45, 7) is 2.79. The fourth-order valence-electron chi connectivity index (χ4n) is 1.00. The molecule has 0 aliphatic rings. The van der Waals surface area contributed by atoms with Crippen molar-refractivity contribution >= 4 is 11.8 Å². The number of allylic oxidation sites excluding steroid dienone is 1. The summed E-state index contributed by atoms with van der Waals surface area (Å²) in [7, 11) is 0. The number of carbonyl (C=O) groups excluding carboxylic acids is 2.